The molecule has 23 heavy (non-hydrogen) atoms. The number of rotatable bonds is 7. The van der Waals surface area contributed by atoms with Gasteiger partial charge in [-0.25, -0.2) is 9.37 Å². The normalized spacial score (nSPS) is 10.5. The maximum Gasteiger partial charge on any atom is 0.318 e. The Balaban J connectivity index is 1.56. The topological polar surface area (TPSA) is 47.0 Å². The fraction of sp³-hybridized carbons (Fsp3) is 0.176. The van der Waals surface area contributed by atoms with E-state index in [1.165, 1.54) is 5.56 Å². The van der Waals surface area contributed by atoms with Crippen LogP contribution in [0.25, 0.3) is 0 Å². The molecule has 0 atom stereocenters. The highest BCUT2D eigenvalue weighted by Crippen LogP contribution is 2.16. The molecular formula is C17H16FN3OS. The maximum atomic E-state index is 13.7. The van der Waals surface area contributed by atoms with Gasteiger partial charge in [-0.1, -0.05) is 36.4 Å². The molecule has 0 fully saturated rings. The predicted octanol–water partition coefficient (Wildman–Crippen LogP) is 3.91. The van der Waals surface area contributed by atoms with Crippen molar-refractivity contribution in [3.8, 4) is 6.01 Å². The van der Waals surface area contributed by atoms with E-state index >= 15 is 0 Å². The number of nitrogens with one attached hydrogen (secondary N) is 1. The van der Waals surface area contributed by atoms with E-state index in [9.17, 15) is 4.39 Å². The lowest BCUT2D eigenvalue weighted by molar-refractivity contribution is 0.295. The number of aromatic nitrogens is 2. The van der Waals surface area contributed by atoms with Crippen molar-refractivity contribution in [1.29, 1.82) is 0 Å². The van der Waals surface area contributed by atoms with Gasteiger partial charge in [-0.15, -0.1) is 11.3 Å². The van der Waals surface area contributed by atoms with E-state index in [1.807, 2.05) is 47.8 Å². The van der Waals surface area contributed by atoms with Gasteiger partial charge in [-0.05, 0) is 17.0 Å². The van der Waals surface area contributed by atoms with E-state index in [0.717, 1.165) is 17.5 Å². The molecule has 0 bridgehead atoms. The zero-order chi connectivity index (χ0) is 15.9. The van der Waals surface area contributed by atoms with Crippen LogP contribution in [0.5, 0.6) is 6.01 Å². The quantitative estimate of drug-likeness (QED) is 0.714. The van der Waals surface area contributed by atoms with Crippen molar-refractivity contribution in [2.24, 2.45) is 0 Å². The van der Waals surface area contributed by atoms with Gasteiger partial charge in [-0.3, -0.25) is 0 Å². The van der Waals surface area contributed by atoms with E-state index in [1.54, 1.807) is 11.3 Å². The standard InChI is InChI=1S/C17H16FN3OS/c18-15-12-20-17(22-9-8-13-5-2-1-3-6-13)21-16(15)19-11-14-7-4-10-23-14/h1-7,10,12H,8-9,11H2,(H,19,20,21). The van der Waals surface area contributed by atoms with Gasteiger partial charge in [0.2, 0.25) is 0 Å². The number of benzene rings is 1. The molecule has 3 rings (SSSR count). The molecule has 2 aromatic heterocycles. The molecule has 1 aromatic carbocycles. The molecule has 0 radical (unpaired) electrons. The molecule has 2 heterocycles. The molecule has 0 saturated carbocycles. The summed E-state index contributed by atoms with van der Waals surface area (Å²) in [7, 11) is 0. The van der Waals surface area contributed by atoms with Crippen LogP contribution < -0.4 is 10.1 Å². The van der Waals surface area contributed by atoms with Crippen LogP contribution in [0.3, 0.4) is 0 Å². The fourth-order valence-electron chi connectivity index (χ4n) is 2.03. The molecule has 4 nitrogen and oxygen atoms in total. The van der Waals surface area contributed by atoms with Crippen molar-refractivity contribution in [2.45, 2.75) is 13.0 Å². The average Bonchev–Trinajstić information content (AvgIpc) is 3.10. The van der Waals surface area contributed by atoms with E-state index in [4.69, 9.17) is 4.74 Å². The van der Waals surface area contributed by atoms with Crippen LogP contribution >= 0.6 is 11.3 Å². The first-order valence-electron chi connectivity index (χ1n) is 7.27. The second-order valence-corrected chi connectivity index (χ2v) is 5.90. The molecule has 0 amide bonds. The van der Waals surface area contributed by atoms with Crippen LogP contribution in [-0.2, 0) is 13.0 Å². The van der Waals surface area contributed by atoms with Gasteiger partial charge in [0.05, 0.1) is 19.3 Å². The summed E-state index contributed by atoms with van der Waals surface area (Å²) < 4.78 is 19.3. The third-order valence-electron chi connectivity index (χ3n) is 3.20. The van der Waals surface area contributed by atoms with Crippen LogP contribution in [0.15, 0.2) is 54.0 Å². The fourth-order valence-corrected chi connectivity index (χ4v) is 2.68. The minimum Gasteiger partial charge on any atom is -0.463 e. The number of hydrogen-bond donors (Lipinski definition) is 1. The van der Waals surface area contributed by atoms with Gasteiger partial charge in [0, 0.05) is 11.3 Å². The van der Waals surface area contributed by atoms with Crippen LogP contribution in [0.1, 0.15) is 10.4 Å². The molecule has 0 aliphatic heterocycles. The molecule has 0 spiro atoms. The largest absolute Gasteiger partial charge is 0.463 e. The minimum absolute atomic E-state index is 0.156. The first kappa shape index (κ1) is 15.4. The van der Waals surface area contributed by atoms with Crippen molar-refractivity contribution in [3.63, 3.8) is 0 Å². The second kappa shape index (κ2) is 7.69. The molecule has 0 unspecified atom stereocenters. The first-order valence-corrected chi connectivity index (χ1v) is 8.15. The van der Waals surface area contributed by atoms with E-state index in [0.29, 0.717) is 13.2 Å². The predicted molar refractivity (Wildman–Crippen MR) is 89.3 cm³/mol. The summed E-state index contributed by atoms with van der Waals surface area (Å²) in [6, 6.07) is 14.1. The Morgan fingerprint density at radius 1 is 1.13 bits per heavy atom. The number of anilines is 1. The molecule has 0 aliphatic rings. The lowest BCUT2D eigenvalue weighted by Gasteiger charge is -2.08. The van der Waals surface area contributed by atoms with Crippen molar-refractivity contribution >= 4 is 17.2 Å². The van der Waals surface area contributed by atoms with E-state index in [-0.39, 0.29) is 11.8 Å². The number of hydrogen-bond acceptors (Lipinski definition) is 5. The van der Waals surface area contributed by atoms with Gasteiger partial charge in [0.25, 0.3) is 0 Å². The SMILES string of the molecule is Fc1cnc(OCCc2ccccc2)nc1NCc1cccs1. The third-order valence-corrected chi connectivity index (χ3v) is 4.07. The smallest absolute Gasteiger partial charge is 0.318 e. The first-order chi connectivity index (χ1) is 11.3. The highest BCUT2D eigenvalue weighted by molar-refractivity contribution is 7.09. The number of thiophene rings is 1. The summed E-state index contributed by atoms with van der Waals surface area (Å²) in [5.41, 5.74) is 1.17. The van der Waals surface area contributed by atoms with Gasteiger partial charge < -0.3 is 10.1 Å². The highest BCUT2D eigenvalue weighted by atomic mass is 32.1. The molecule has 0 saturated heterocycles. The van der Waals surface area contributed by atoms with Crippen LogP contribution in [0.2, 0.25) is 0 Å². The molecule has 0 aliphatic carbocycles. The zero-order valence-corrected chi connectivity index (χ0v) is 13.2. The Labute approximate surface area is 138 Å². The molecule has 118 valence electrons. The monoisotopic (exact) mass is 329 g/mol. The van der Waals surface area contributed by atoms with Gasteiger partial charge in [-0.2, -0.15) is 4.98 Å². The van der Waals surface area contributed by atoms with Gasteiger partial charge >= 0.3 is 6.01 Å². The highest BCUT2D eigenvalue weighted by Gasteiger charge is 2.08. The zero-order valence-electron chi connectivity index (χ0n) is 12.4. The number of ether oxygens (including phenoxy) is 1. The molecular weight excluding hydrogens is 313 g/mol. The Bertz CT molecular complexity index is 735. The minimum atomic E-state index is -0.489. The van der Waals surface area contributed by atoms with Crippen molar-refractivity contribution in [2.75, 3.05) is 11.9 Å². The number of nitrogens with zero attached hydrogens (tertiary/aromatic N) is 2. The lowest BCUT2D eigenvalue weighted by Crippen LogP contribution is -2.08. The summed E-state index contributed by atoms with van der Waals surface area (Å²) in [5, 5.41) is 4.95. The van der Waals surface area contributed by atoms with Gasteiger partial charge in [0.15, 0.2) is 11.6 Å². The van der Waals surface area contributed by atoms with E-state index < -0.39 is 5.82 Å². The molecule has 3 aromatic rings. The van der Waals surface area contributed by atoms with Crippen LogP contribution in [0, 0.1) is 5.82 Å². The Morgan fingerprint density at radius 3 is 2.78 bits per heavy atom. The number of halogens is 1. The molecule has 1 N–H and O–H groups in total. The van der Waals surface area contributed by atoms with Crippen LogP contribution in [-0.4, -0.2) is 16.6 Å². The summed E-state index contributed by atoms with van der Waals surface area (Å²) in [6.45, 7) is 0.967. The van der Waals surface area contributed by atoms with E-state index in [2.05, 4.69) is 15.3 Å². The summed E-state index contributed by atoms with van der Waals surface area (Å²) in [4.78, 5) is 9.06. The van der Waals surface area contributed by atoms with Crippen molar-refractivity contribution in [1.82, 2.24) is 9.97 Å². The van der Waals surface area contributed by atoms with Crippen LogP contribution in [0.4, 0.5) is 10.2 Å². The molecule has 6 heteroatoms. The average molecular weight is 329 g/mol. The Hall–Kier alpha value is -2.47. The second-order valence-electron chi connectivity index (χ2n) is 4.87. The lowest BCUT2D eigenvalue weighted by atomic mass is 10.2. The summed E-state index contributed by atoms with van der Waals surface area (Å²) in [5.74, 6) is -0.333. The Morgan fingerprint density at radius 2 is 2.00 bits per heavy atom. The summed E-state index contributed by atoms with van der Waals surface area (Å²) in [6.07, 6.45) is 1.88. The summed E-state index contributed by atoms with van der Waals surface area (Å²) >= 11 is 1.60. The maximum absolute atomic E-state index is 13.7. The van der Waals surface area contributed by atoms with Crippen molar-refractivity contribution in [3.05, 3.63) is 70.3 Å². The Kier molecular flexibility index (Phi) is 5.16. The van der Waals surface area contributed by atoms with Gasteiger partial charge in [0.1, 0.15) is 0 Å². The third kappa shape index (κ3) is 4.50. The van der Waals surface area contributed by atoms with Crippen molar-refractivity contribution < 1.29 is 9.13 Å².